The molecule has 0 aromatic heterocycles. The fourth-order valence-corrected chi connectivity index (χ4v) is 1.94. The van der Waals surface area contributed by atoms with Crippen LogP contribution in [0.5, 0.6) is 0 Å². The number of carbonyl (C=O) groups is 2. The number of benzene rings is 1. The van der Waals surface area contributed by atoms with Gasteiger partial charge in [-0.15, -0.1) is 0 Å². The van der Waals surface area contributed by atoms with Crippen LogP contribution in [0.1, 0.15) is 19.4 Å². The Bertz CT molecular complexity index is 585. The number of anilines is 1. The molecular weight excluding hydrogens is 282 g/mol. The summed E-state index contributed by atoms with van der Waals surface area (Å²) in [5.41, 5.74) is 1.43. The van der Waals surface area contributed by atoms with Crippen molar-refractivity contribution >= 4 is 29.2 Å². The van der Waals surface area contributed by atoms with E-state index in [1.807, 2.05) is 6.92 Å². The number of esters is 2. The van der Waals surface area contributed by atoms with Gasteiger partial charge in [0.15, 0.2) is 5.57 Å². The summed E-state index contributed by atoms with van der Waals surface area (Å²) >= 11 is 5.85. The molecule has 1 N–H and O–H groups in total. The average molecular weight is 296 g/mol. The molecule has 1 aromatic rings. The smallest absolute Gasteiger partial charge is 0.350 e. The minimum Gasteiger partial charge on any atom is -0.419 e. The van der Waals surface area contributed by atoms with Crippen molar-refractivity contribution in [3.05, 3.63) is 40.6 Å². The van der Waals surface area contributed by atoms with Crippen LogP contribution in [0.15, 0.2) is 30.0 Å². The van der Waals surface area contributed by atoms with Gasteiger partial charge in [-0.05, 0) is 30.7 Å². The van der Waals surface area contributed by atoms with E-state index in [2.05, 4.69) is 5.32 Å². The van der Waals surface area contributed by atoms with Crippen molar-refractivity contribution in [2.45, 2.75) is 26.6 Å². The first-order chi connectivity index (χ1) is 9.28. The largest absolute Gasteiger partial charge is 0.419 e. The minimum atomic E-state index is -1.23. The number of hydrogen-bond donors (Lipinski definition) is 1. The Morgan fingerprint density at radius 2 is 1.80 bits per heavy atom. The predicted molar refractivity (Wildman–Crippen MR) is 74.2 cm³/mol. The van der Waals surface area contributed by atoms with Crippen molar-refractivity contribution in [3.8, 4) is 0 Å². The highest BCUT2D eigenvalue weighted by molar-refractivity contribution is 6.30. The zero-order valence-electron chi connectivity index (χ0n) is 11.3. The van der Waals surface area contributed by atoms with Crippen molar-refractivity contribution in [1.29, 1.82) is 0 Å². The molecule has 1 fully saturated rings. The lowest BCUT2D eigenvalue weighted by Crippen LogP contribution is -2.42. The summed E-state index contributed by atoms with van der Waals surface area (Å²) in [4.78, 5) is 23.5. The van der Waals surface area contributed by atoms with Crippen LogP contribution in [0.25, 0.3) is 0 Å². The third-order valence-corrected chi connectivity index (χ3v) is 2.91. The van der Waals surface area contributed by atoms with Gasteiger partial charge in [0.1, 0.15) is 0 Å². The van der Waals surface area contributed by atoms with Crippen LogP contribution in [0.4, 0.5) is 5.69 Å². The Balaban J connectivity index is 2.19. The maximum atomic E-state index is 11.7. The molecule has 20 heavy (non-hydrogen) atoms. The molecule has 1 heterocycles. The van der Waals surface area contributed by atoms with E-state index >= 15 is 0 Å². The quantitative estimate of drug-likeness (QED) is 0.516. The van der Waals surface area contributed by atoms with Crippen LogP contribution in [-0.4, -0.2) is 17.7 Å². The normalized spacial score (nSPS) is 17.3. The van der Waals surface area contributed by atoms with E-state index in [-0.39, 0.29) is 5.57 Å². The van der Waals surface area contributed by atoms with Crippen LogP contribution in [0, 0.1) is 6.92 Å². The van der Waals surface area contributed by atoms with Gasteiger partial charge in [-0.2, -0.15) is 0 Å². The molecule has 0 amide bonds. The van der Waals surface area contributed by atoms with Crippen molar-refractivity contribution in [2.75, 3.05) is 5.32 Å². The lowest BCUT2D eigenvalue weighted by Gasteiger charge is -2.29. The predicted octanol–water partition coefficient (Wildman–Crippen LogP) is 2.78. The SMILES string of the molecule is Cc1cc(Cl)ccc1NC=C1C(=O)OC(C)(C)OC1=O. The fraction of sp³-hybridized carbons (Fsp3) is 0.286. The van der Waals surface area contributed by atoms with E-state index in [0.29, 0.717) is 5.02 Å². The van der Waals surface area contributed by atoms with Crippen LogP contribution < -0.4 is 5.32 Å². The molecule has 0 aliphatic carbocycles. The summed E-state index contributed by atoms with van der Waals surface area (Å²) in [6.07, 6.45) is 1.27. The van der Waals surface area contributed by atoms with E-state index in [1.165, 1.54) is 20.0 Å². The molecule has 6 heteroatoms. The second-order valence-corrected chi connectivity index (χ2v) is 5.28. The van der Waals surface area contributed by atoms with E-state index in [4.69, 9.17) is 21.1 Å². The standard InChI is InChI=1S/C14H14ClNO4/c1-8-6-9(15)4-5-11(8)16-7-10-12(17)19-14(2,3)20-13(10)18/h4-7,16H,1-3H3. The summed E-state index contributed by atoms with van der Waals surface area (Å²) in [6.45, 7) is 4.85. The van der Waals surface area contributed by atoms with E-state index < -0.39 is 17.7 Å². The third-order valence-electron chi connectivity index (χ3n) is 2.68. The van der Waals surface area contributed by atoms with E-state index in [1.54, 1.807) is 18.2 Å². The van der Waals surface area contributed by atoms with Crippen LogP contribution in [0.2, 0.25) is 5.02 Å². The van der Waals surface area contributed by atoms with Gasteiger partial charge in [0.2, 0.25) is 0 Å². The maximum Gasteiger partial charge on any atom is 0.350 e. The lowest BCUT2D eigenvalue weighted by molar-refractivity contribution is -0.222. The summed E-state index contributed by atoms with van der Waals surface area (Å²) in [5.74, 6) is -2.67. The van der Waals surface area contributed by atoms with E-state index in [0.717, 1.165) is 11.3 Å². The van der Waals surface area contributed by atoms with Crippen molar-refractivity contribution in [2.24, 2.45) is 0 Å². The molecule has 0 unspecified atom stereocenters. The van der Waals surface area contributed by atoms with Crippen LogP contribution in [-0.2, 0) is 19.1 Å². The average Bonchev–Trinajstić information content (AvgIpc) is 2.28. The lowest BCUT2D eigenvalue weighted by atomic mass is 10.2. The van der Waals surface area contributed by atoms with Gasteiger partial charge >= 0.3 is 11.9 Å². The molecule has 5 nitrogen and oxygen atoms in total. The van der Waals surface area contributed by atoms with Gasteiger partial charge in [-0.3, -0.25) is 0 Å². The topological polar surface area (TPSA) is 64.6 Å². The van der Waals surface area contributed by atoms with Gasteiger partial charge in [0, 0.05) is 30.8 Å². The monoisotopic (exact) mass is 295 g/mol. The number of carbonyl (C=O) groups excluding carboxylic acids is 2. The number of rotatable bonds is 2. The first kappa shape index (κ1) is 14.4. The van der Waals surface area contributed by atoms with Crippen LogP contribution in [0.3, 0.4) is 0 Å². The minimum absolute atomic E-state index is 0.182. The second-order valence-electron chi connectivity index (χ2n) is 4.84. The molecule has 106 valence electrons. The third kappa shape index (κ3) is 3.11. The number of ether oxygens (including phenoxy) is 2. The highest BCUT2D eigenvalue weighted by atomic mass is 35.5. The number of halogens is 1. The molecule has 2 rings (SSSR count). The summed E-state index contributed by atoms with van der Waals surface area (Å²) in [5, 5.41) is 3.49. The van der Waals surface area contributed by atoms with Crippen LogP contribution >= 0.6 is 11.6 Å². The number of hydrogen-bond acceptors (Lipinski definition) is 5. The second kappa shape index (κ2) is 5.17. The first-order valence-corrected chi connectivity index (χ1v) is 6.36. The molecule has 0 bridgehead atoms. The molecule has 0 radical (unpaired) electrons. The van der Waals surface area contributed by atoms with Gasteiger partial charge < -0.3 is 14.8 Å². The van der Waals surface area contributed by atoms with Gasteiger partial charge in [0.05, 0.1) is 0 Å². The Morgan fingerprint density at radius 1 is 1.20 bits per heavy atom. The van der Waals surface area contributed by atoms with Gasteiger partial charge in [-0.1, -0.05) is 11.6 Å². The molecule has 0 atom stereocenters. The number of nitrogens with one attached hydrogen (secondary N) is 1. The zero-order chi connectivity index (χ0) is 14.9. The molecule has 1 aliphatic rings. The van der Waals surface area contributed by atoms with Crippen molar-refractivity contribution in [1.82, 2.24) is 0 Å². The Hall–Kier alpha value is -2.01. The molecule has 0 saturated carbocycles. The molecule has 1 aliphatic heterocycles. The fourth-order valence-electron chi connectivity index (χ4n) is 1.72. The zero-order valence-corrected chi connectivity index (χ0v) is 12.1. The molecule has 1 saturated heterocycles. The van der Waals surface area contributed by atoms with Gasteiger partial charge in [-0.25, -0.2) is 9.59 Å². The van der Waals surface area contributed by atoms with Crippen molar-refractivity contribution < 1.29 is 19.1 Å². The molecule has 0 spiro atoms. The Kier molecular flexibility index (Phi) is 3.72. The Labute approximate surface area is 121 Å². The summed E-state index contributed by atoms with van der Waals surface area (Å²) in [7, 11) is 0. The summed E-state index contributed by atoms with van der Waals surface area (Å²) < 4.78 is 9.97. The van der Waals surface area contributed by atoms with Gasteiger partial charge in [0.25, 0.3) is 5.79 Å². The van der Waals surface area contributed by atoms with Crippen molar-refractivity contribution in [3.63, 3.8) is 0 Å². The molecule has 1 aromatic carbocycles. The highest BCUT2D eigenvalue weighted by Gasteiger charge is 2.38. The summed E-state index contributed by atoms with van der Waals surface area (Å²) in [6, 6.07) is 5.22. The number of cyclic esters (lactones) is 2. The Morgan fingerprint density at radius 3 is 2.35 bits per heavy atom. The molecular formula is C14H14ClNO4. The first-order valence-electron chi connectivity index (χ1n) is 5.98. The van der Waals surface area contributed by atoms with E-state index in [9.17, 15) is 9.59 Å². The maximum absolute atomic E-state index is 11.7. The highest BCUT2D eigenvalue weighted by Crippen LogP contribution is 2.24. The number of aryl methyl sites for hydroxylation is 1.